The van der Waals surface area contributed by atoms with Gasteiger partial charge in [0.2, 0.25) is 0 Å². The zero-order valence-electron chi connectivity index (χ0n) is 38.4. The molecule has 0 radical (unpaired) electrons. The molecule has 1 atom stereocenters. The average molecular weight is 839 g/mol. The van der Waals surface area contributed by atoms with E-state index in [1.807, 2.05) is 42.5 Å². The molecule has 1 unspecified atom stereocenters. The maximum atomic E-state index is 12.7. The van der Waals surface area contributed by atoms with E-state index < -0.39 is 12.1 Å². The molecule has 0 spiro atoms. The van der Waals surface area contributed by atoms with Crippen LogP contribution in [0.2, 0.25) is 0 Å². The van der Waals surface area contributed by atoms with Crippen LogP contribution in [-0.2, 0) is 28.6 Å². The lowest BCUT2D eigenvalue weighted by molar-refractivity contribution is -0.166. The molecule has 6 nitrogen and oxygen atoms in total. The second-order valence-electron chi connectivity index (χ2n) is 14.7. The second kappa shape index (κ2) is 48.0. The number of esters is 3. The lowest BCUT2D eigenvalue weighted by Crippen LogP contribution is -2.30. The van der Waals surface area contributed by atoms with Gasteiger partial charge in [-0.1, -0.05) is 199 Å². The van der Waals surface area contributed by atoms with Crippen molar-refractivity contribution in [3.05, 3.63) is 146 Å². The molecule has 0 aliphatic rings. The number of hydrogen-bond donors (Lipinski definition) is 0. The molecule has 0 bridgehead atoms. The molecule has 338 valence electrons. The van der Waals surface area contributed by atoms with E-state index in [4.69, 9.17) is 14.2 Å². The van der Waals surface area contributed by atoms with Crippen LogP contribution in [0, 0.1) is 0 Å². The molecule has 0 rings (SSSR count). The maximum Gasteiger partial charge on any atom is 0.309 e. The average Bonchev–Trinajstić information content (AvgIpc) is 3.26. The fraction of sp³-hybridized carbons (Fsp3) is 0.509. The number of unbranched alkanes of at least 4 members (excludes halogenated alkanes) is 9. The van der Waals surface area contributed by atoms with Crippen molar-refractivity contribution in [1.82, 2.24) is 0 Å². The first-order valence-corrected chi connectivity index (χ1v) is 23.4. The molecule has 0 aliphatic carbocycles. The zero-order chi connectivity index (χ0) is 44.4. The minimum atomic E-state index is -0.846. The fourth-order valence-corrected chi connectivity index (χ4v) is 5.52. The van der Waals surface area contributed by atoms with Gasteiger partial charge < -0.3 is 14.2 Å². The molecule has 61 heavy (non-hydrogen) atoms. The van der Waals surface area contributed by atoms with Crippen LogP contribution in [0.25, 0.3) is 0 Å². The van der Waals surface area contributed by atoms with Crippen LogP contribution in [0.1, 0.15) is 162 Å². The van der Waals surface area contributed by atoms with Crippen molar-refractivity contribution in [2.24, 2.45) is 0 Å². The van der Waals surface area contributed by atoms with Crippen molar-refractivity contribution in [2.75, 3.05) is 13.2 Å². The Balaban J connectivity index is 4.56. The van der Waals surface area contributed by atoms with E-state index in [1.165, 1.54) is 6.42 Å². The van der Waals surface area contributed by atoms with Crippen molar-refractivity contribution >= 4 is 17.9 Å². The quantitative estimate of drug-likeness (QED) is 0.0202. The lowest BCUT2D eigenvalue weighted by Gasteiger charge is -2.18. The summed E-state index contributed by atoms with van der Waals surface area (Å²) in [5.41, 5.74) is 0. The predicted molar refractivity (Wildman–Crippen MR) is 260 cm³/mol. The van der Waals surface area contributed by atoms with E-state index in [0.29, 0.717) is 12.8 Å². The Morgan fingerprint density at radius 1 is 0.377 bits per heavy atom. The van der Waals surface area contributed by atoms with E-state index in [-0.39, 0.29) is 38.0 Å². The molecule has 0 aromatic rings. The van der Waals surface area contributed by atoms with Crippen molar-refractivity contribution in [3.8, 4) is 0 Å². The Hall–Kier alpha value is -4.71. The van der Waals surface area contributed by atoms with Crippen LogP contribution in [0.5, 0.6) is 0 Å². The van der Waals surface area contributed by atoms with Crippen LogP contribution in [0.4, 0.5) is 0 Å². The normalized spacial score (nSPS) is 13.4. The van der Waals surface area contributed by atoms with Gasteiger partial charge in [0.15, 0.2) is 6.10 Å². The Bertz CT molecular complexity index is 1430. The summed E-state index contributed by atoms with van der Waals surface area (Å²) in [5.74, 6) is -1.14. The number of hydrogen-bond acceptors (Lipinski definition) is 6. The van der Waals surface area contributed by atoms with Crippen LogP contribution in [0.15, 0.2) is 146 Å². The third kappa shape index (κ3) is 46.2. The van der Waals surface area contributed by atoms with Gasteiger partial charge in [-0.3, -0.25) is 14.4 Å². The van der Waals surface area contributed by atoms with Gasteiger partial charge in [0, 0.05) is 12.8 Å². The minimum Gasteiger partial charge on any atom is -0.462 e. The first-order valence-electron chi connectivity index (χ1n) is 23.4. The fourth-order valence-electron chi connectivity index (χ4n) is 5.52. The van der Waals surface area contributed by atoms with E-state index in [9.17, 15) is 14.4 Å². The van der Waals surface area contributed by atoms with Gasteiger partial charge in [0.25, 0.3) is 0 Å². The van der Waals surface area contributed by atoms with Gasteiger partial charge in [0.1, 0.15) is 13.2 Å². The summed E-state index contributed by atoms with van der Waals surface area (Å²) >= 11 is 0. The molecule has 0 saturated heterocycles. The SMILES string of the molecule is CC/C=C\C/C=C\C/C=C\C/C=C\CCCCCC(=O)OC(COC(=O)C/C=C\C/C=C\C/C=C\CC)COC(=O)CCCCCCC\C=C/C=C\C=C/C=C\C=C/CCC. The largest absolute Gasteiger partial charge is 0.462 e. The highest BCUT2D eigenvalue weighted by Crippen LogP contribution is 2.11. The number of ether oxygens (including phenoxy) is 3. The molecule has 0 aliphatic heterocycles. The number of carbonyl (C=O) groups excluding carboxylic acids is 3. The third-order valence-corrected chi connectivity index (χ3v) is 8.95. The van der Waals surface area contributed by atoms with Gasteiger partial charge in [-0.25, -0.2) is 0 Å². The summed E-state index contributed by atoms with van der Waals surface area (Å²) in [6, 6.07) is 0. The highest BCUT2D eigenvalue weighted by molar-refractivity contribution is 5.72. The molecule has 0 heterocycles. The molecule has 0 amide bonds. The molecule has 0 aromatic heterocycles. The first-order chi connectivity index (χ1) is 30.0. The van der Waals surface area contributed by atoms with Crippen LogP contribution >= 0.6 is 0 Å². The van der Waals surface area contributed by atoms with Crippen molar-refractivity contribution in [3.63, 3.8) is 0 Å². The highest BCUT2D eigenvalue weighted by atomic mass is 16.6. The molecule has 6 heteroatoms. The number of carbonyl (C=O) groups is 3. The van der Waals surface area contributed by atoms with Gasteiger partial charge in [-0.2, -0.15) is 0 Å². The highest BCUT2D eigenvalue weighted by Gasteiger charge is 2.19. The summed E-state index contributed by atoms with van der Waals surface area (Å²) in [6.45, 7) is 6.13. The predicted octanol–water partition coefficient (Wildman–Crippen LogP) is 15.3. The Labute approximate surface area is 372 Å². The van der Waals surface area contributed by atoms with Crippen LogP contribution in [0.3, 0.4) is 0 Å². The molecule has 0 fully saturated rings. The summed E-state index contributed by atoms with van der Waals surface area (Å²) in [7, 11) is 0. The van der Waals surface area contributed by atoms with Crippen LogP contribution < -0.4 is 0 Å². The lowest BCUT2D eigenvalue weighted by atomic mass is 10.1. The van der Waals surface area contributed by atoms with Gasteiger partial charge in [0.05, 0.1) is 6.42 Å². The van der Waals surface area contributed by atoms with E-state index in [1.54, 1.807) is 6.08 Å². The van der Waals surface area contributed by atoms with Gasteiger partial charge in [-0.05, 0) is 89.9 Å². The van der Waals surface area contributed by atoms with E-state index >= 15 is 0 Å². The van der Waals surface area contributed by atoms with E-state index in [2.05, 4.69) is 118 Å². The Kier molecular flexibility index (Phi) is 44.3. The summed E-state index contributed by atoms with van der Waals surface area (Å²) < 4.78 is 16.6. The van der Waals surface area contributed by atoms with Gasteiger partial charge >= 0.3 is 17.9 Å². The third-order valence-electron chi connectivity index (χ3n) is 8.95. The monoisotopic (exact) mass is 839 g/mol. The first kappa shape index (κ1) is 56.3. The standard InChI is InChI=1S/C55H82O6/c1-4-7-10-13-16-19-21-23-25-27-28-30-31-33-36-39-42-45-48-54(57)60-51-52(50-59-53(56)47-44-41-38-35-18-15-12-9-6-3)61-55(58)49-46-43-40-37-34-32-29-26-24-22-20-17-14-11-8-5-2/h8-13,16-21,23-28,30,32,34-35,41,44,52H,4-7,14-15,22,29,31,33,36-40,42-43,45-51H2,1-3H3/b11-8-,12-9-,13-10-,19-16-,20-17-,23-21-,26-24-,27-25-,30-28-,34-32-,35-18-,44-41-. The molecular formula is C55H82O6. The molecule has 0 aromatic carbocycles. The maximum absolute atomic E-state index is 12.7. The Morgan fingerprint density at radius 3 is 1.31 bits per heavy atom. The summed E-state index contributed by atoms with van der Waals surface area (Å²) in [4.78, 5) is 37.7. The Morgan fingerprint density at radius 2 is 0.770 bits per heavy atom. The van der Waals surface area contributed by atoms with E-state index in [0.717, 1.165) is 109 Å². The zero-order valence-corrected chi connectivity index (χ0v) is 38.4. The molecule has 0 saturated carbocycles. The minimum absolute atomic E-state index is 0.115. The second-order valence-corrected chi connectivity index (χ2v) is 14.7. The van der Waals surface area contributed by atoms with Crippen LogP contribution in [-0.4, -0.2) is 37.2 Å². The number of allylic oxidation sites excluding steroid dienone is 23. The topological polar surface area (TPSA) is 78.9 Å². The molecular weight excluding hydrogens is 757 g/mol. The summed E-state index contributed by atoms with van der Waals surface area (Å²) in [6.07, 6.45) is 68.6. The van der Waals surface area contributed by atoms with Crippen molar-refractivity contribution < 1.29 is 28.6 Å². The van der Waals surface area contributed by atoms with Crippen molar-refractivity contribution in [2.45, 2.75) is 168 Å². The smallest absolute Gasteiger partial charge is 0.309 e. The molecule has 0 N–H and O–H groups in total. The van der Waals surface area contributed by atoms with Gasteiger partial charge in [-0.15, -0.1) is 0 Å². The number of rotatable bonds is 39. The van der Waals surface area contributed by atoms with Crippen molar-refractivity contribution in [1.29, 1.82) is 0 Å². The summed E-state index contributed by atoms with van der Waals surface area (Å²) in [5, 5.41) is 0.